The first-order valence-corrected chi connectivity index (χ1v) is 6.88. The van der Waals surface area contributed by atoms with Crippen LogP contribution >= 0.6 is 0 Å². The Morgan fingerprint density at radius 1 is 1.11 bits per heavy atom. The maximum atomic E-state index is 11.8. The molecule has 0 unspecified atom stereocenters. The fraction of sp³-hybridized carbons (Fsp3) is 0.857. The van der Waals surface area contributed by atoms with Crippen molar-refractivity contribution in [2.24, 2.45) is 23.0 Å². The molecule has 0 saturated heterocycles. The number of hydrogen-bond acceptors (Lipinski definition) is 5. The van der Waals surface area contributed by atoms with Gasteiger partial charge in [-0.3, -0.25) is 9.59 Å². The van der Waals surface area contributed by atoms with Gasteiger partial charge in [0, 0.05) is 0 Å². The van der Waals surface area contributed by atoms with Gasteiger partial charge in [0.05, 0.1) is 11.3 Å². The third kappa shape index (κ3) is 5.19. The fourth-order valence-corrected chi connectivity index (χ4v) is 2.11. The lowest BCUT2D eigenvalue weighted by atomic mass is 9.82. The normalized spacial score (nSPS) is 23.8. The van der Waals surface area contributed by atoms with Gasteiger partial charge < -0.3 is 15.2 Å². The number of ether oxygens (including phenoxy) is 2. The first-order valence-electron chi connectivity index (χ1n) is 6.88. The van der Waals surface area contributed by atoms with Crippen molar-refractivity contribution in [3.05, 3.63) is 0 Å². The Bertz CT molecular complexity index is 314. The van der Waals surface area contributed by atoms with E-state index in [-0.39, 0.29) is 24.6 Å². The van der Waals surface area contributed by atoms with Crippen LogP contribution in [-0.4, -0.2) is 25.3 Å². The van der Waals surface area contributed by atoms with E-state index in [0.717, 1.165) is 25.7 Å². The molecule has 1 saturated carbocycles. The van der Waals surface area contributed by atoms with Crippen molar-refractivity contribution >= 4 is 11.9 Å². The third-order valence-electron chi connectivity index (χ3n) is 3.52. The average Bonchev–Trinajstić information content (AvgIpc) is 2.37. The van der Waals surface area contributed by atoms with E-state index in [0.29, 0.717) is 12.5 Å². The molecule has 110 valence electrons. The highest BCUT2D eigenvalue weighted by molar-refractivity contribution is 5.76. The van der Waals surface area contributed by atoms with Gasteiger partial charge in [-0.15, -0.1) is 0 Å². The Balaban J connectivity index is 2.24. The quantitative estimate of drug-likeness (QED) is 0.623. The summed E-state index contributed by atoms with van der Waals surface area (Å²) in [5.41, 5.74) is 5.03. The molecule has 1 aliphatic carbocycles. The summed E-state index contributed by atoms with van der Waals surface area (Å²) in [7, 11) is 0. The first kappa shape index (κ1) is 16.0. The largest absolute Gasteiger partial charge is 0.428 e. The van der Waals surface area contributed by atoms with Gasteiger partial charge in [0.2, 0.25) is 6.79 Å². The van der Waals surface area contributed by atoms with Gasteiger partial charge in [-0.2, -0.15) is 0 Å². The summed E-state index contributed by atoms with van der Waals surface area (Å²) in [4.78, 5) is 23.3. The summed E-state index contributed by atoms with van der Waals surface area (Å²) in [6, 6.07) is 0. The molecule has 19 heavy (non-hydrogen) atoms. The van der Waals surface area contributed by atoms with E-state index in [4.69, 9.17) is 15.2 Å². The maximum Gasteiger partial charge on any atom is 0.314 e. The summed E-state index contributed by atoms with van der Waals surface area (Å²) in [5.74, 6) is -0.178. The van der Waals surface area contributed by atoms with Crippen molar-refractivity contribution in [1.82, 2.24) is 0 Å². The molecule has 1 aliphatic rings. The fourth-order valence-electron chi connectivity index (χ4n) is 2.11. The number of hydrogen-bond donors (Lipinski definition) is 1. The van der Waals surface area contributed by atoms with E-state index in [2.05, 4.69) is 0 Å². The van der Waals surface area contributed by atoms with E-state index in [1.807, 2.05) is 0 Å². The lowest BCUT2D eigenvalue weighted by molar-refractivity contribution is -0.176. The first-order chi connectivity index (χ1) is 8.84. The Morgan fingerprint density at radius 2 is 1.68 bits per heavy atom. The molecule has 0 aliphatic heterocycles. The molecule has 0 radical (unpaired) electrons. The van der Waals surface area contributed by atoms with Gasteiger partial charge in [0.25, 0.3) is 0 Å². The van der Waals surface area contributed by atoms with Crippen LogP contribution in [0.2, 0.25) is 0 Å². The Kier molecular flexibility index (Phi) is 5.79. The van der Waals surface area contributed by atoms with Crippen LogP contribution < -0.4 is 5.73 Å². The third-order valence-corrected chi connectivity index (χ3v) is 3.52. The predicted octanol–water partition coefficient (Wildman–Crippen LogP) is 1.84. The van der Waals surface area contributed by atoms with Gasteiger partial charge in [0.1, 0.15) is 0 Å². The number of carbonyl (C=O) groups excluding carboxylic acids is 2. The van der Waals surface area contributed by atoms with E-state index in [1.54, 1.807) is 20.8 Å². The summed E-state index contributed by atoms with van der Waals surface area (Å²) >= 11 is 0. The molecule has 0 bridgehead atoms. The zero-order valence-corrected chi connectivity index (χ0v) is 12.1. The lowest BCUT2D eigenvalue weighted by Crippen LogP contribution is -2.29. The minimum atomic E-state index is -0.578. The molecular weight excluding hydrogens is 246 g/mol. The van der Waals surface area contributed by atoms with Crippen molar-refractivity contribution in [2.45, 2.75) is 46.5 Å². The zero-order valence-electron chi connectivity index (χ0n) is 12.1. The Hall–Kier alpha value is -1.10. The van der Waals surface area contributed by atoms with Crippen LogP contribution in [-0.2, 0) is 19.1 Å². The van der Waals surface area contributed by atoms with Gasteiger partial charge in [-0.05, 0) is 58.9 Å². The van der Waals surface area contributed by atoms with Crippen molar-refractivity contribution in [3.63, 3.8) is 0 Å². The number of carbonyl (C=O) groups is 2. The molecule has 2 N–H and O–H groups in total. The smallest absolute Gasteiger partial charge is 0.314 e. The molecule has 5 nitrogen and oxygen atoms in total. The van der Waals surface area contributed by atoms with Crippen LogP contribution in [0.1, 0.15) is 46.5 Å². The van der Waals surface area contributed by atoms with Crippen LogP contribution in [0, 0.1) is 17.3 Å². The lowest BCUT2D eigenvalue weighted by Gasteiger charge is -2.26. The highest BCUT2D eigenvalue weighted by Crippen LogP contribution is 2.28. The number of esters is 2. The molecule has 0 aromatic carbocycles. The molecule has 1 rings (SSSR count). The molecule has 1 fully saturated rings. The number of nitrogens with two attached hydrogens (primary N) is 1. The second-order valence-electron chi connectivity index (χ2n) is 6.22. The minimum Gasteiger partial charge on any atom is -0.428 e. The summed E-state index contributed by atoms with van der Waals surface area (Å²) in [6.07, 6.45) is 3.57. The summed E-state index contributed by atoms with van der Waals surface area (Å²) in [6.45, 7) is 5.67. The van der Waals surface area contributed by atoms with Crippen LogP contribution in [0.3, 0.4) is 0 Å². The molecule has 0 heterocycles. The highest BCUT2D eigenvalue weighted by Gasteiger charge is 2.28. The number of rotatable bonds is 4. The monoisotopic (exact) mass is 271 g/mol. The molecule has 0 aromatic rings. The minimum absolute atomic E-state index is 0.0730. The Labute approximate surface area is 114 Å². The second-order valence-corrected chi connectivity index (χ2v) is 6.22. The van der Waals surface area contributed by atoms with Crippen molar-refractivity contribution in [3.8, 4) is 0 Å². The summed E-state index contributed by atoms with van der Waals surface area (Å²) in [5, 5.41) is 0. The van der Waals surface area contributed by atoms with Crippen LogP contribution in [0.25, 0.3) is 0 Å². The van der Waals surface area contributed by atoms with Crippen LogP contribution in [0.5, 0.6) is 0 Å². The van der Waals surface area contributed by atoms with E-state index in [1.165, 1.54) is 0 Å². The predicted molar refractivity (Wildman–Crippen MR) is 71.0 cm³/mol. The van der Waals surface area contributed by atoms with Gasteiger partial charge in [-0.25, -0.2) is 0 Å². The van der Waals surface area contributed by atoms with Crippen molar-refractivity contribution in [1.29, 1.82) is 0 Å². The van der Waals surface area contributed by atoms with Crippen molar-refractivity contribution < 1.29 is 19.1 Å². The molecular formula is C14H25NO4. The molecule has 0 amide bonds. The SMILES string of the molecule is CC(C)(C)C(=O)OCOC(=O)C1CCC(CN)CC1. The van der Waals surface area contributed by atoms with E-state index < -0.39 is 5.41 Å². The van der Waals surface area contributed by atoms with E-state index >= 15 is 0 Å². The molecule has 0 spiro atoms. The topological polar surface area (TPSA) is 78.6 Å². The second kappa shape index (κ2) is 6.89. The summed E-state index contributed by atoms with van der Waals surface area (Å²) < 4.78 is 9.91. The standard InChI is InChI=1S/C14H25NO4/c1-14(2,3)13(17)19-9-18-12(16)11-6-4-10(8-15)5-7-11/h10-11H,4-9,15H2,1-3H3. The highest BCUT2D eigenvalue weighted by atomic mass is 16.7. The van der Waals surface area contributed by atoms with Crippen LogP contribution in [0.4, 0.5) is 0 Å². The van der Waals surface area contributed by atoms with E-state index in [9.17, 15) is 9.59 Å². The average molecular weight is 271 g/mol. The molecule has 0 aromatic heterocycles. The van der Waals surface area contributed by atoms with Gasteiger partial charge >= 0.3 is 11.9 Å². The van der Waals surface area contributed by atoms with Gasteiger partial charge in [-0.1, -0.05) is 0 Å². The maximum absolute atomic E-state index is 11.8. The van der Waals surface area contributed by atoms with Crippen molar-refractivity contribution in [2.75, 3.05) is 13.3 Å². The molecule has 0 atom stereocenters. The zero-order chi connectivity index (χ0) is 14.5. The Morgan fingerprint density at radius 3 is 2.16 bits per heavy atom. The van der Waals surface area contributed by atoms with Crippen LogP contribution in [0.15, 0.2) is 0 Å². The van der Waals surface area contributed by atoms with Gasteiger partial charge in [0.15, 0.2) is 0 Å². The molecule has 5 heteroatoms.